The number of ether oxygens (including phenoxy) is 1. The summed E-state index contributed by atoms with van der Waals surface area (Å²) in [6.07, 6.45) is 2.27. The molecule has 0 amide bonds. The Kier molecular flexibility index (Phi) is 6.39. The Hall–Kier alpha value is -3.03. The lowest BCUT2D eigenvalue weighted by Gasteiger charge is -2.57. The maximum atomic E-state index is 13.8. The number of aliphatic hydroxyl groups excluding tert-OH is 1. The average Bonchev–Trinajstić information content (AvgIpc) is 2.87. The smallest absolute Gasteiger partial charge is 0.364 e. The van der Waals surface area contributed by atoms with E-state index in [0.717, 1.165) is 35.6 Å². The van der Waals surface area contributed by atoms with Crippen LogP contribution in [0.1, 0.15) is 61.5 Å². The first-order valence-electron chi connectivity index (χ1n) is 13.4. The van der Waals surface area contributed by atoms with E-state index in [0.29, 0.717) is 16.9 Å². The third kappa shape index (κ3) is 4.90. The maximum absolute atomic E-state index is 13.8. The third-order valence-corrected chi connectivity index (χ3v) is 8.81. The Balaban J connectivity index is 1.26. The summed E-state index contributed by atoms with van der Waals surface area (Å²) in [5.74, 6) is 2.56. The fourth-order valence-corrected chi connectivity index (χ4v) is 7.58. The number of hydrogen-bond acceptors (Lipinski definition) is 4. The maximum Gasteiger partial charge on any atom is 0.416 e. The van der Waals surface area contributed by atoms with E-state index >= 15 is 0 Å². The molecule has 4 nitrogen and oxygen atoms in total. The molecule has 1 unspecified atom stereocenters. The van der Waals surface area contributed by atoms with E-state index in [4.69, 9.17) is 4.74 Å². The summed E-state index contributed by atoms with van der Waals surface area (Å²) in [6.45, 7) is 0. The van der Waals surface area contributed by atoms with Crippen LogP contribution in [0.5, 0.6) is 0 Å². The van der Waals surface area contributed by atoms with Crippen molar-refractivity contribution >= 4 is 22.7 Å². The lowest BCUT2D eigenvalue weighted by atomic mass is 9.48. The van der Waals surface area contributed by atoms with Crippen LogP contribution in [0.15, 0.2) is 66.7 Å². The second-order valence-electron chi connectivity index (χ2n) is 11.5. The molecule has 0 spiro atoms. The fraction of sp³-hybridized carbons (Fsp3) is 0.419. The van der Waals surface area contributed by atoms with Crippen molar-refractivity contribution in [1.29, 1.82) is 0 Å². The van der Waals surface area contributed by atoms with Crippen LogP contribution in [0.2, 0.25) is 0 Å². The SMILES string of the molecule is COC(O)c1ccccc1Nc1cc(Nc2ccc(C34CC5CC(CC(C5)C3)C4)cc2)cc(C(F)(F)F)c1. The minimum Gasteiger partial charge on any atom is -0.364 e. The van der Waals surface area contributed by atoms with E-state index in [-0.39, 0.29) is 11.1 Å². The Morgan fingerprint density at radius 3 is 1.97 bits per heavy atom. The topological polar surface area (TPSA) is 53.5 Å². The second-order valence-corrected chi connectivity index (χ2v) is 11.5. The van der Waals surface area contributed by atoms with Crippen LogP contribution in [-0.4, -0.2) is 12.2 Å². The van der Waals surface area contributed by atoms with Gasteiger partial charge in [0.1, 0.15) is 0 Å². The lowest BCUT2D eigenvalue weighted by molar-refractivity contribution is -0.137. The van der Waals surface area contributed by atoms with Gasteiger partial charge in [0.15, 0.2) is 6.29 Å². The van der Waals surface area contributed by atoms with Crippen molar-refractivity contribution in [1.82, 2.24) is 0 Å². The van der Waals surface area contributed by atoms with Crippen LogP contribution >= 0.6 is 0 Å². The molecular weight excluding hydrogens is 489 g/mol. The number of para-hydroxylation sites is 1. The Morgan fingerprint density at radius 1 is 0.816 bits per heavy atom. The number of nitrogens with one attached hydrogen (secondary N) is 2. The summed E-state index contributed by atoms with van der Waals surface area (Å²) in [4.78, 5) is 0. The summed E-state index contributed by atoms with van der Waals surface area (Å²) >= 11 is 0. The molecule has 0 saturated heterocycles. The molecule has 38 heavy (non-hydrogen) atoms. The average molecular weight is 523 g/mol. The van der Waals surface area contributed by atoms with Gasteiger partial charge in [0.25, 0.3) is 0 Å². The summed E-state index contributed by atoms with van der Waals surface area (Å²) in [5.41, 5.74) is 3.12. The van der Waals surface area contributed by atoms with Gasteiger partial charge < -0.3 is 20.5 Å². The number of benzene rings is 3. The third-order valence-electron chi connectivity index (χ3n) is 8.81. The summed E-state index contributed by atoms with van der Waals surface area (Å²) < 4.78 is 46.4. The van der Waals surface area contributed by atoms with Gasteiger partial charge in [-0.3, -0.25) is 0 Å². The largest absolute Gasteiger partial charge is 0.416 e. The van der Waals surface area contributed by atoms with Crippen molar-refractivity contribution in [3.05, 3.63) is 83.4 Å². The predicted octanol–water partition coefficient (Wildman–Crippen LogP) is 8.30. The highest BCUT2D eigenvalue weighted by Gasteiger charge is 2.51. The molecule has 4 bridgehead atoms. The van der Waals surface area contributed by atoms with E-state index in [1.54, 1.807) is 30.3 Å². The normalized spacial score (nSPS) is 26.8. The molecule has 3 N–H and O–H groups in total. The van der Waals surface area contributed by atoms with Crippen molar-refractivity contribution < 1.29 is 23.0 Å². The van der Waals surface area contributed by atoms with Crippen molar-refractivity contribution in [3.63, 3.8) is 0 Å². The highest BCUT2D eigenvalue weighted by Crippen LogP contribution is 2.60. The van der Waals surface area contributed by atoms with Gasteiger partial charge in [-0.05, 0) is 104 Å². The molecule has 200 valence electrons. The fourth-order valence-electron chi connectivity index (χ4n) is 7.58. The molecule has 7 heteroatoms. The molecule has 4 aliphatic rings. The number of rotatable bonds is 7. The summed E-state index contributed by atoms with van der Waals surface area (Å²) in [6, 6.07) is 19.0. The van der Waals surface area contributed by atoms with Crippen molar-refractivity contribution in [2.75, 3.05) is 17.7 Å². The second kappa shape index (κ2) is 9.62. The van der Waals surface area contributed by atoms with E-state index in [1.165, 1.54) is 51.2 Å². The Labute approximate surface area is 221 Å². The van der Waals surface area contributed by atoms with Gasteiger partial charge in [-0.1, -0.05) is 30.3 Å². The standard InChI is InChI=1S/C31H33F3N2O2/c1-38-29(37)27-4-2-3-5-28(27)36-26-14-23(31(32,33)34)13-25(15-26)35-24-8-6-22(7-9-24)30-16-19-10-20(17-30)12-21(11-19)18-30/h2-9,13-15,19-21,29,35-37H,10-12,16-18H2,1H3. The van der Waals surface area contributed by atoms with Gasteiger partial charge in [0.05, 0.1) is 5.56 Å². The van der Waals surface area contributed by atoms with E-state index in [9.17, 15) is 18.3 Å². The van der Waals surface area contributed by atoms with Gasteiger partial charge in [-0.15, -0.1) is 0 Å². The molecule has 0 aromatic heterocycles. The molecule has 3 aromatic carbocycles. The van der Waals surface area contributed by atoms with Crippen LogP contribution in [-0.2, 0) is 16.3 Å². The first kappa shape index (κ1) is 25.3. The first-order valence-corrected chi connectivity index (χ1v) is 13.4. The quantitative estimate of drug-likeness (QED) is 0.273. The minimum absolute atomic E-state index is 0.253. The van der Waals surface area contributed by atoms with Gasteiger partial charge in [-0.2, -0.15) is 13.2 Å². The zero-order valence-electron chi connectivity index (χ0n) is 21.4. The molecule has 3 aromatic rings. The van der Waals surface area contributed by atoms with Crippen LogP contribution < -0.4 is 10.6 Å². The molecule has 0 radical (unpaired) electrons. The Bertz CT molecular complexity index is 1270. The predicted molar refractivity (Wildman–Crippen MR) is 143 cm³/mol. The molecule has 0 aliphatic heterocycles. The molecule has 4 aliphatic carbocycles. The van der Waals surface area contributed by atoms with Crippen molar-refractivity contribution in [2.45, 2.75) is 56.4 Å². The van der Waals surface area contributed by atoms with Gasteiger partial charge >= 0.3 is 6.18 Å². The zero-order chi connectivity index (χ0) is 26.5. The van der Waals surface area contributed by atoms with Crippen molar-refractivity contribution in [3.8, 4) is 0 Å². The van der Waals surface area contributed by atoms with Gasteiger partial charge in [0, 0.05) is 35.4 Å². The Morgan fingerprint density at radius 2 is 1.39 bits per heavy atom. The highest BCUT2D eigenvalue weighted by molar-refractivity contribution is 5.71. The number of aliphatic hydroxyl groups is 1. The first-order chi connectivity index (χ1) is 18.2. The number of anilines is 4. The van der Waals surface area contributed by atoms with E-state index < -0.39 is 18.0 Å². The van der Waals surface area contributed by atoms with Crippen molar-refractivity contribution in [2.24, 2.45) is 17.8 Å². The van der Waals surface area contributed by atoms with Crippen LogP contribution in [0.4, 0.5) is 35.9 Å². The van der Waals surface area contributed by atoms with Gasteiger partial charge in [0.2, 0.25) is 0 Å². The number of methoxy groups -OCH3 is 1. The van der Waals surface area contributed by atoms with E-state index in [1.807, 2.05) is 12.1 Å². The molecule has 7 rings (SSSR count). The number of halogens is 3. The molecule has 1 atom stereocenters. The summed E-state index contributed by atoms with van der Waals surface area (Å²) in [7, 11) is 1.36. The molecular formula is C31H33F3N2O2. The van der Waals surface area contributed by atoms with Crippen LogP contribution in [0.25, 0.3) is 0 Å². The van der Waals surface area contributed by atoms with Gasteiger partial charge in [-0.25, -0.2) is 0 Å². The molecule has 4 fully saturated rings. The van der Waals surface area contributed by atoms with Crippen LogP contribution in [0.3, 0.4) is 0 Å². The lowest BCUT2D eigenvalue weighted by Crippen LogP contribution is -2.48. The monoisotopic (exact) mass is 522 g/mol. The van der Waals surface area contributed by atoms with Crippen LogP contribution in [0, 0.1) is 17.8 Å². The highest BCUT2D eigenvalue weighted by atomic mass is 19.4. The zero-order valence-corrected chi connectivity index (χ0v) is 21.4. The number of alkyl halides is 3. The molecule has 0 heterocycles. The minimum atomic E-state index is -4.51. The van der Waals surface area contributed by atoms with E-state index in [2.05, 4.69) is 22.8 Å². The summed E-state index contributed by atoms with van der Waals surface area (Å²) in [5, 5.41) is 16.4. The molecule has 4 saturated carbocycles. The number of hydrogen-bond donors (Lipinski definition) is 3.